The number of aryl methyl sites for hydroxylation is 1. The highest BCUT2D eigenvalue weighted by Gasteiger charge is 2.32. The van der Waals surface area contributed by atoms with Crippen LogP contribution < -0.4 is 5.32 Å². The van der Waals surface area contributed by atoms with Gasteiger partial charge in [-0.1, -0.05) is 85.0 Å². The van der Waals surface area contributed by atoms with Gasteiger partial charge >= 0.3 is 18.0 Å². The van der Waals surface area contributed by atoms with Gasteiger partial charge in [-0.15, -0.1) is 0 Å². The van der Waals surface area contributed by atoms with E-state index in [0.717, 1.165) is 16.8 Å². The van der Waals surface area contributed by atoms with Gasteiger partial charge in [-0.3, -0.25) is 4.79 Å². The van der Waals surface area contributed by atoms with Gasteiger partial charge < -0.3 is 28.7 Å². The molecule has 0 spiro atoms. The molecule has 2 heterocycles. The summed E-state index contributed by atoms with van der Waals surface area (Å²) >= 11 is 0. The molecule has 1 aromatic heterocycles. The average Bonchev–Trinajstić information content (AvgIpc) is 3.51. The van der Waals surface area contributed by atoms with Gasteiger partial charge in [0.1, 0.15) is 19.0 Å². The van der Waals surface area contributed by atoms with Crippen molar-refractivity contribution in [3.63, 3.8) is 0 Å². The number of benzene rings is 2. The van der Waals surface area contributed by atoms with Crippen LogP contribution in [0.4, 0.5) is 4.79 Å². The summed E-state index contributed by atoms with van der Waals surface area (Å²) in [6, 6.07) is 19.3. The zero-order valence-corrected chi connectivity index (χ0v) is 25.2. The maximum Gasteiger partial charge on any atom is 0.407 e. The topological polar surface area (TPSA) is 126 Å². The Hall–Kier alpha value is -4.96. The number of amides is 1. The number of ether oxygens (including phenoxy) is 4. The number of rotatable bonds is 14. The fourth-order valence-electron chi connectivity index (χ4n) is 4.63. The van der Waals surface area contributed by atoms with E-state index in [2.05, 4.69) is 15.0 Å². The van der Waals surface area contributed by atoms with E-state index < -0.39 is 24.3 Å². The lowest BCUT2D eigenvalue weighted by molar-refractivity contribution is -0.159. The number of carbonyl (C=O) groups is 3. The molecule has 2 aromatic carbocycles. The molecular weight excluding hydrogens is 576 g/mol. The standard InChI is InChI=1S/C35H38N2O8/c1-41-35(40)36-20-10-16-32-37-28(25-42-32)15-8-9-17-33(38)45-30-21-29(19-18-26-11-4-2-5-12-26)44-31(22-30)23-34(39)43-24-27-13-6-3-7-14-27/h2-7,9-14,16-19,25,29-31H,8,15,20-24H2,1H3,(H,36,40)/b16-10-,17-9-,19-18+/t29-,30-,31-/m0/s1. The van der Waals surface area contributed by atoms with E-state index >= 15 is 0 Å². The predicted octanol–water partition coefficient (Wildman–Crippen LogP) is 5.84. The number of methoxy groups -OCH3 is 1. The highest BCUT2D eigenvalue weighted by atomic mass is 16.6. The maximum atomic E-state index is 12.7. The molecule has 45 heavy (non-hydrogen) atoms. The van der Waals surface area contributed by atoms with Crippen LogP contribution in [0.15, 0.2) is 95.6 Å². The molecule has 0 unspecified atom stereocenters. The number of esters is 2. The first-order valence-corrected chi connectivity index (χ1v) is 14.8. The lowest BCUT2D eigenvalue weighted by Gasteiger charge is -2.33. The second kappa shape index (κ2) is 18.0. The second-order valence-corrected chi connectivity index (χ2v) is 10.3. The van der Waals surface area contributed by atoms with E-state index in [0.29, 0.717) is 31.6 Å². The number of carbonyl (C=O) groups excluding carboxylic acids is 3. The third-order valence-corrected chi connectivity index (χ3v) is 6.81. The van der Waals surface area contributed by atoms with Gasteiger partial charge in [0.05, 0.1) is 31.4 Å². The Morgan fingerprint density at radius 1 is 1.00 bits per heavy atom. The van der Waals surface area contributed by atoms with Crippen molar-refractivity contribution in [3.05, 3.63) is 114 Å². The van der Waals surface area contributed by atoms with Gasteiger partial charge in [0.25, 0.3) is 0 Å². The SMILES string of the molecule is COC(=O)NC/C=C\c1nc(CC/C=C\C(=O)O[C@@H]2C[C@@H](CC(=O)OCc3ccccc3)O[C@@H](/C=C/c3ccccc3)C2)co1. The minimum atomic E-state index is -0.520. The van der Waals surface area contributed by atoms with Crippen LogP contribution in [0.1, 0.15) is 48.4 Å². The fourth-order valence-corrected chi connectivity index (χ4v) is 4.63. The minimum absolute atomic E-state index is 0.0586. The molecule has 3 atom stereocenters. The monoisotopic (exact) mass is 614 g/mol. The minimum Gasteiger partial charge on any atom is -0.461 e. The maximum absolute atomic E-state index is 12.7. The quantitative estimate of drug-likeness (QED) is 0.135. The number of hydrogen-bond acceptors (Lipinski definition) is 9. The van der Waals surface area contributed by atoms with Gasteiger partial charge in [0.15, 0.2) is 0 Å². The summed E-state index contributed by atoms with van der Waals surface area (Å²) in [4.78, 5) is 40.7. The molecule has 1 aliphatic rings. The Morgan fingerprint density at radius 3 is 2.56 bits per heavy atom. The molecule has 10 nitrogen and oxygen atoms in total. The van der Waals surface area contributed by atoms with Crippen molar-refractivity contribution in [1.29, 1.82) is 0 Å². The van der Waals surface area contributed by atoms with Crippen LogP contribution >= 0.6 is 0 Å². The van der Waals surface area contributed by atoms with E-state index in [1.165, 1.54) is 13.2 Å². The van der Waals surface area contributed by atoms with Crippen molar-refractivity contribution in [1.82, 2.24) is 10.3 Å². The van der Waals surface area contributed by atoms with Crippen LogP contribution in [0.2, 0.25) is 0 Å². The number of hydrogen-bond donors (Lipinski definition) is 1. The van der Waals surface area contributed by atoms with Crippen LogP contribution in [0.25, 0.3) is 12.2 Å². The fraction of sp³-hybridized carbons (Fsp3) is 0.314. The van der Waals surface area contributed by atoms with Crippen LogP contribution in [0, 0.1) is 0 Å². The molecule has 3 aromatic rings. The van der Waals surface area contributed by atoms with E-state index in [-0.39, 0.29) is 31.6 Å². The van der Waals surface area contributed by atoms with Crippen molar-refractivity contribution >= 4 is 30.2 Å². The zero-order chi connectivity index (χ0) is 31.7. The molecule has 1 fully saturated rings. The van der Waals surface area contributed by atoms with Crippen LogP contribution in [-0.4, -0.2) is 55.0 Å². The van der Waals surface area contributed by atoms with Gasteiger partial charge in [-0.2, -0.15) is 0 Å². The van der Waals surface area contributed by atoms with Gasteiger partial charge in [0, 0.05) is 25.5 Å². The normalized spacial score (nSPS) is 18.3. The molecular formula is C35H38N2O8. The molecule has 1 aliphatic heterocycles. The van der Waals surface area contributed by atoms with Crippen molar-refractivity contribution in [3.8, 4) is 0 Å². The second-order valence-electron chi connectivity index (χ2n) is 10.3. The first-order chi connectivity index (χ1) is 22.0. The Bertz CT molecular complexity index is 1450. The highest BCUT2D eigenvalue weighted by molar-refractivity contribution is 5.82. The summed E-state index contributed by atoms with van der Waals surface area (Å²) in [6.45, 7) is 0.472. The van der Waals surface area contributed by atoms with Crippen LogP contribution in [0.3, 0.4) is 0 Å². The van der Waals surface area contributed by atoms with E-state index in [1.807, 2.05) is 72.8 Å². The molecule has 0 bridgehead atoms. The van der Waals surface area contributed by atoms with E-state index in [4.69, 9.17) is 18.6 Å². The molecule has 1 saturated heterocycles. The Morgan fingerprint density at radius 2 is 1.78 bits per heavy atom. The van der Waals surface area contributed by atoms with E-state index in [1.54, 1.807) is 24.5 Å². The molecule has 236 valence electrons. The van der Waals surface area contributed by atoms with Gasteiger partial charge in [-0.25, -0.2) is 14.6 Å². The Labute approximate surface area is 262 Å². The number of nitrogens with zero attached hydrogens (tertiary/aromatic N) is 1. The zero-order valence-electron chi connectivity index (χ0n) is 25.2. The van der Waals surface area contributed by atoms with Gasteiger partial charge in [0.2, 0.25) is 5.89 Å². The number of alkyl carbamates (subject to hydrolysis) is 1. The predicted molar refractivity (Wildman–Crippen MR) is 168 cm³/mol. The van der Waals surface area contributed by atoms with Crippen LogP contribution in [-0.2, 0) is 41.6 Å². The van der Waals surface area contributed by atoms with Crippen LogP contribution in [0.5, 0.6) is 0 Å². The number of aromatic nitrogens is 1. The molecule has 0 saturated carbocycles. The Kier molecular flexibility index (Phi) is 13.2. The first kappa shape index (κ1) is 32.9. The molecule has 1 amide bonds. The summed E-state index contributed by atoms with van der Waals surface area (Å²) in [7, 11) is 1.30. The molecule has 0 aliphatic carbocycles. The van der Waals surface area contributed by atoms with E-state index in [9.17, 15) is 14.4 Å². The molecule has 0 radical (unpaired) electrons. The summed E-state index contributed by atoms with van der Waals surface area (Å²) < 4.78 is 27.3. The number of nitrogens with one attached hydrogen (secondary N) is 1. The summed E-state index contributed by atoms with van der Waals surface area (Å²) in [6.07, 6.45) is 12.2. The smallest absolute Gasteiger partial charge is 0.407 e. The average molecular weight is 615 g/mol. The highest BCUT2D eigenvalue weighted by Crippen LogP contribution is 2.26. The van der Waals surface area contributed by atoms with Gasteiger partial charge in [-0.05, 0) is 30.0 Å². The van der Waals surface area contributed by atoms with Crippen molar-refractivity contribution in [2.24, 2.45) is 0 Å². The third-order valence-electron chi connectivity index (χ3n) is 6.81. The largest absolute Gasteiger partial charge is 0.461 e. The lowest BCUT2D eigenvalue weighted by atomic mass is 9.98. The third kappa shape index (κ3) is 12.3. The van der Waals surface area contributed by atoms with Crippen molar-refractivity contribution < 1.29 is 37.7 Å². The summed E-state index contributed by atoms with van der Waals surface area (Å²) in [5.41, 5.74) is 2.66. The molecule has 10 heteroatoms. The summed E-state index contributed by atoms with van der Waals surface area (Å²) in [5.74, 6) is -0.417. The molecule has 4 rings (SSSR count). The number of oxazole rings is 1. The van der Waals surface area contributed by atoms with Crippen molar-refractivity contribution in [2.75, 3.05) is 13.7 Å². The first-order valence-electron chi connectivity index (χ1n) is 14.8. The molecule has 1 N–H and O–H groups in total. The Balaban J connectivity index is 1.26. The summed E-state index contributed by atoms with van der Waals surface area (Å²) in [5, 5.41) is 2.53. The lowest BCUT2D eigenvalue weighted by Crippen LogP contribution is -2.38. The number of allylic oxidation sites excluding steroid dienone is 1. The van der Waals surface area contributed by atoms with Crippen molar-refractivity contribution in [2.45, 2.75) is 57.0 Å².